The zero-order chi connectivity index (χ0) is 80.0. The Morgan fingerprint density at radius 2 is 1.31 bits per heavy atom. The number of likely N-dealkylation sites (N-methyl/N-ethyl adjacent to an activating group) is 1. The fraction of sp³-hybridized carbons (Fsp3) is 0.486. The molecule has 597 valence electrons. The topological polar surface area (TPSA) is 575 Å². The zero-order valence-electron chi connectivity index (χ0n) is 61.5. The number of hydrogen-bond acceptors (Lipinski definition) is 28. The first-order chi connectivity index (χ1) is 51.8. The van der Waals surface area contributed by atoms with Crippen molar-refractivity contribution in [3.8, 4) is 57.1 Å². The number of aliphatic hydroxyl groups is 6. The number of ether oxygens (including phenoxy) is 8. The van der Waals surface area contributed by atoms with Gasteiger partial charge in [-0.25, -0.2) is 4.79 Å². The number of rotatable bonds is 15. The number of primary amides is 1. The molecule has 37 heteroatoms. The van der Waals surface area contributed by atoms with E-state index in [2.05, 4.69) is 43.3 Å². The van der Waals surface area contributed by atoms with Crippen LogP contribution >= 0.6 is 0 Å². The second-order valence-electron chi connectivity index (χ2n) is 29.4. The summed E-state index contributed by atoms with van der Waals surface area (Å²) in [6.45, 7) is 10.2. The molecule has 23 N–H and O–H groups in total. The van der Waals surface area contributed by atoms with Gasteiger partial charge in [-0.3, -0.25) is 33.6 Å². The number of carboxylic acid groups (broad SMARTS) is 1. The molecule has 111 heavy (non-hydrogen) atoms. The van der Waals surface area contributed by atoms with Gasteiger partial charge in [-0.1, -0.05) is 26.0 Å². The number of phenols is 3. The summed E-state index contributed by atoms with van der Waals surface area (Å²) in [5.74, 6) is -15.1. The van der Waals surface area contributed by atoms with Gasteiger partial charge < -0.3 is 143 Å². The number of carbonyl (C=O) groups is 8. The Balaban J connectivity index is 0.0000131. The average molecular weight is 1630 g/mol. The van der Waals surface area contributed by atoms with Gasteiger partial charge in [0.2, 0.25) is 53.4 Å². The molecule has 8 heterocycles. The van der Waals surface area contributed by atoms with E-state index in [0.717, 1.165) is 42.5 Å². The number of aliphatic hydroxyl groups excluding tert-OH is 6. The van der Waals surface area contributed by atoms with Crippen LogP contribution in [0.3, 0.4) is 0 Å². The van der Waals surface area contributed by atoms with E-state index in [9.17, 15) is 70.2 Å². The fourth-order valence-electron chi connectivity index (χ4n) is 14.3. The SMILES string of the molecule is CN[C@H](CC(C)C)C(=O)N[C@H]1C(=O)N[C@@H](CC(N)=O)C(=O)N[C@H]2C(=O)N[C@H]3C(=O)N[C@H](C(=O)N[C@H](C(=O)O)c4cc(O)cc(O)c4-c4cc3ccc4O)[C@H](O[C@H]3C[C@](C)(N)[C@@H](O)[C@H](C)O3)c3ccc(c(C)c3)Oc3cc2cc(c3O[C@@H]2O[C@H](CO)[C@@H](O)[C@H](O)[C@H]2O[C@H]2C[C@](C)(N)[C@@H](O)[C@H](C)O2)Oc2[c-]cc(cc2)[C@H]1O.[Y]. The predicted octanol–water partition coefficient (Wildman–Crippen LogP) is -0.857. The molecule has 0 aromatic heterocycles. The third kappa shape index (κ3) is 18.3. The van der Waals surface area contributed by atoms with Crippen LogP contribution in [0.15, 0.2) is 78.9 Å². The van der Waals surface area contributed by atoms with E-state index in [1.54, 1.807) is 0 Å². The van der Waals surface area contributed by atoms with Crippen LogP contribution in [0.5, 0.6) is 46.0 Å². The van der Waals surface area contributed by atoms with Crippen molar-refractivity contribution in [1.82, 2.24) is 37.2 Å². The van der Waals surface area contributed by atoms with Crippen LogP contribution < -0.4 is 68.6 Å². The summed E-state index contributed by atoms with van der Waals surface area (Å²) in [6, 6.07) is 3.62. The molecular weight excluding hydrogens is 1530 g/mol. The monoisotopic (exact) mass is 1620 g/mol. The van der Waals surface area contributed by atoms with Crippen molar-refractivity contribution in [3.05, 3.63) is 118 Å². The third-order valence-corrected chi connectivity index (χ3v) is 20.2. The molecule has 7 amide bonds. The van der Waals surface area contributed by atoms with Gasteiger partial charge in [0.15, 0.2) is 36.2 Å². The number of hydrogen-bond donors (Lipinski definition) is 20. The summed E-state index contributed by atoms with van der Waals surface area (Å²) in [4.78, 5) is 120. The first-order valence-electron chi connectivity index (χ1n) is 35.4. The molecule has 3 fully saturated rings. The van der Waals surface area contributed by atoms with Crippen LogP contribution in [0.1, 0.15) is 131 Å². The first-order valence-corrected chi connectivity index (χ1v) is 35.4. The number of phenolic OH excluding ortho intramolecular Hbond substituents is 3. The number of carbonyl (C=O) groups excluding carboxylic acids is 7. The Morgan fingerprint density at radius 3 is 1.90 bits per heavy atom. The van der Waals surface area contributed by atoms with E-state index in [-0.39, 0.29) is 91.6 Å². The molecule has 13 rings (SSSR count). The summed E-state index contributed by atoms with van der Waals surface area (Å²) in [6.07, 6.45) is -22.1. The molecule has 0 unspecified atom stereocenters. The minimum Gasteiger partial charge on any atom is -0.508 e. The van der Waals surface area contributed by atoms with Gasteiger partial charge in [0.1, 0.15) is 77.6 Å². The summed E-state index contributed by atoms with van der Waals surface area (Å²) in [5, 5.41) is 132. The van der Waals surface area contributed by atoms with Crippen molar-refractivity contribution in [2.45, 2.75) is 207 Å². The number of aryl methyl sites for hydroxylation is 1. The Bertz CT molecular complexity index is 4350. The second kappa shape index (κ2) is 34.3. The summed E-state index contributed by atoms with van der Waals surface area (Å²) >= 11 is 0. The molecule has 5 aromatic rings. The van der Waals surface area contributed by atoms with E-state index in [1.807, 2.05) is 13.8 Å². The van der Waals surface area contributed by atoms with Gasteiger partial charge in [0, 0.05) is 85.1 Å². The molecular formula is C74H91N10O26Y-. The van der Waals surface area contributed by atoms with E-state index in [0.29, 0.717) is 0 Å². The standard InChI is InChI=1S/C74H91N10O26.Y/c1-28(2)17-40(78-8)65(95)83-55-57(90)32-9-13-37(14-10-32)105-45-20-35-21-46(61(45)110-72-62(59(92)58(91)47(27-85)107-72)109-50-26-74(7,77)64(94)31(5)104-50)106-44-16-12-34(18-29(44)3)60(108-49-25-73(6,76)63(93)30(4)103-49)56-70(100)82-54(71(101)102)39-22-36(86)23-43(88)51(39)38-19-33(11-15-42(38)87)52(67(97)84-56)81-68(98)53(35)80-66(96)41(24-48(75)89)79-69(55)99;/h9-13,15-16,18-23,28,30-31,40-41,47,49-50,52-60,62-64,72,78,85-88,90-94H,17,24-27,76-77H2,1-8H3,(H2,75,89)(H,79,99)(H,80,96)(H,81,98)(H,82,100)(H,83,95)(H,84,97)(H,101,102);/q-1;/t30-,31-,40+,41-,47+,49-,50-,52+,53+,54-,55+,56-,57+,58+,59-,60+,62+,63-,64-,72-,73-,74-;/m0./s1. The van der Waals surface area contributed by atoms with Crippen molar-refractivity contribution < 1.29 is 160 Å². The number of aliphatic carboxylic acids is 1. The largest absolute Gasteiger partial charge is 0.508 e. The van der Waals surface area contributed by atoms with E-state index in [1.165, 1.54) is 78.1 Å². The van der Waals surface area contributed by atoms with Crippen molar-refractivity contribution in [2.24, 2.45) is 23.1 Å². The van der Waals surface area contributed by atoms with E-state index >= 15 is 19.2 Å². The fourth-order valence-corrected chi connectivity index (χ4v) is 14.3. The van der Waals surface area contributed by atoms with Gasteiger partial charge in [0.25, 0.3) is 0 Å². The average Bonchev–Trinajstić information content (AvgIpc) is 0.766. The molecule has 36 nitrogen and oxygen atoms in total. The van der Waals surface area contributed by atoms with Crippen molar-refractivity contribution in [3.63, 3.8) is 0 Å². The van der Waals surface area contributed by atoms with Crippen molar-refractivity contribution in [2.75, 3.05) is 13.7 Å². The van der Waals surface area contributed by atoms with Gasteiger partial charge in [-0.05, 0) is 119 Å². The Kier molecular flexibility index (Phi) is 26.1. The Hall–Kier alpha value is -8.80. The zero-order valence-corrected chi connectivity index (χ0v) is 64.3. The van der Waals surface area contributed by atoms with E-state index < -0.39 is 250 Å². The Labute approximate surface area is 660 Å². The third-order valence-electron chi connectivity index (χ3n) is 20.2. The van der Waals surface area contributed by atoms with Gasteiger partial charge in [-0.15, -0.1) is 17.7 Å². The smallest absolute Gasteiger partial charge is 0.330 e. The molecule has 0 aliphatic carbocycles. The van der Waals surface area contributed by atoms with Crippen LogP contribution in [0.4, 0.5) is 0 Å². The molecule has 0 saturated carbocycles. The van der Waals surface area contributed by atoms with Gasteiger partial charge >= 0.3 is 5.97 Å². The number of nitrogens with two attached hydrogens (primary N) is 3. The van der Waals surface area contributed by atoms with Crippen LogP contribution in [0.25, 0.3) is 11.1 Å². The number of fused-ring (bicyclic) bond motifs is 15. The predicted molar refractivity (Wildman–Crippen MR) is 379 cm³/mol. The van der Waals surface area contributed by atoms with Crippen molar-refractivity contribution >= 4 is 47.3 Å². The molecule has 1 radical (unpaired) electrons. The normalized spacial score (nSPS) is 31.9. The molecule has 11 bridgehead atoms. The summed E-state index contributed by atoms with van der Waals surface area (Å²) in [7, 11) is 1.49. The quantitative estimate of drug-likeness (QED) is 0.0567. The number of aromatic hydroxyl groups is 3. The molecule has 8 aliphatic rings. The number of benzene rings is 5. The minimum absolute atomic E-state index is 0. The van der Waals surface area contributed by atoms with E-state index in [4.69, 9.17) is 55.1 Å². The number of amides is 7. The number of nitrogens with one attached hydrogen (secondary N) is 7. The summed E-state index contributed by atoms with van der Waals surface area (Å²) in [5.41, 5.74) is 13.9. The maximum Gasteiger partial charge on any atom is 0.330 e. The number of carboxylic acids is 1. The molecule has 8 aliphatic heterocycles. The maximum atomic E-state index is 16.4. The van der Waals surface area contributed by atoms with Crippen LogP contribution in [-0.4, -0.2) is 215 Å². The molecule has 0 spiro atoms. The minimum atomic E-state index is -2.32. The van der Waals surface area contributed by atoms with Crippen LogP contribution in [0.2, 0.25) is 0 Å². The van der Waals surface area contributed by atoms with Gasteiger partial charge in [-0.2, -0.15) is 12.1 Å². The second-order valence-corrected chi connectivity index (χ2v) is 29.4. The van der Waals surface area contributed by atoms with Gasteiger partial charge in [0.05, 0.1) is 49.6 Å². The maximum absolute atomic E-state index is 16.4. The first kappa shape index (κ1) is 84.6. The van der Waals surface area contributed by atoms with Crippen LogP contribution in [0, 0.1) is 18.9 Å². The van der Waals surface area contributed by atoms with Crippen molar-refractivity contribution in [1.29, 1.82) is 0 Å². The van der Waals surface area contributed by atoms with Crippen LogP contribution in [-0.2, 0) is 94.7 Å². The summed E-state index contributed by atoms with van der Waals surface area (Å²) < 4.78 is 51.9. The molecule has 22 atom stereocenters. The molecule has 5 aromatic carbocycles. The Morgan fingerprint density at radius 1 is 0.694 bits per heavy atom. The molecule has 3 saturated heterocycles.